The molecule has 1 amide bonds. The summed E-state index contributed by atoms with van der Waals surface area (Å²) in [4.78, 5) is 15.6. The number of hydrogen-bond acceptors (Lipinski definition) is 3. The van der Waals surface area contributed by atoms with Gasteiger partial charge in [0.2, 0.25) is 5.91 Å². The van der Waals surface area contributed by atoms with Crippen molar-refractivity contribution < 1.29 is 9.63 Å². The number of nitrogens with one attached hydrogen (secondary N) is 2. The first-order chi connectivity index (χ1) is 6.77. The molecule has 14 heavy (non-hydrogen) atoms. The minimum absolute atomic E-state index is 0.267. The number of nitrogens with zero attached hydrogens (tertiary/aromatic N) is 1. The fourth-order valence-corrected chi connectivity index (χ4v) is 1.14. The fourth-order valence-electron chi connectivity index (χ4n) is 1.14. The van der Waals surface area contributed by atoms with Crippen LogP contribution in [0.3, 0.4) is 0 Å². The number of H-pyrrole nitrogens is 1. The molecule has 1 aromatic carbocycles. The lowest BCUT2D eigenvalue weighted by atomic mass is 10.2. The van der Waals surface area contributed by atoms with Crippen LogP contribution in [0.2, 0.25) is 0 Å². The van der Waals surface area contributed by atoms with Crippen LogP contribution in [0.4, 0.5) is 0 Å². The van der Waals surface area contributed by atoms with Crippen molar-refractivity contribution in [2.24, 2.45) is 0 Å². The molecule has 1 heterocycles. The van der Waals surface area contributed by atoms with Crippen LogP contribution in [-0.4, -0.2) is 16.1 Å². The maximum Gasteiger partial charge on any atom is 0.271 e. The maximum atomic E-state index is 10.6. The zero-order valence-corrected chi connectivity index (χ0v) is 7.57. The van der Waals surface area contributed by atoms with Crippen molar-refractivity contribution in [3.63, 3.8) is 0 Å². The van der Waals surface area contributed by atoms with Crippen LogP contribution in [-0.2, 0) is 4.79 Å². The van der Waals surface area contributed by atoms with E-state index < -0.39 is 0 Å². The first-order valence-electron chi connectivity index (χ1n) is 4.14. The lowest BCUT2D eigenvalue weighted by Crippen LogP contribution is -2.23. The predicted octanol–water partition coefficient (Wildman–Crippen LogP) is 0.993. The molecule has 2 aromatic rings. The molecular weight excluding hydrogens is 182 g/mol. The van der Waals surface area contributed by atoms with Crippen molar-refractivity contribution in [3.8, 4) is 5.88 Å². The molecule has 0 unspecified atom stereocenters. The lowest BCUT2D eigenvalue weighted by molar-refractivity contribution is -0.125. The number of benzene rings is 1. The first kappa shape index (κ1) is 8.55. The second-order valence-corrected chi connectivity index (χ2v) is 2.83. The highest BCUT2D eigenvalue weighted by atomic mass is 16.7. The molecule has 0 bridgehead atoms. The summed E-state index contributed by atoms with van der Waals surface area (Å²) in [6.07, 6.45) is 0. The van der Waals surface area contributed by atoms with Crippen LogP contribution in [0.1, 0.15) is 6.92 Å². The molecule has 0 saturated heterocycles. The third-order valence-electron chi connectivity index (χ3n) is 1.73. The summed E-state index contributed by atoms with van der Waals surface area (Å²) in [5, 5.41) is 7.53. The van der Waals surface area contributed by atoms with E-state index in [0.717, 1.165) is 10.9 Å². The zero-order valence-electron chi connectivity index (χ0n) is 7.57. The van der Waals surface area contributed by atoms with Crippen molar-refractivity contribution in [1.29, 1.82) is 0 Å². The average molecular weight is 191 g/mol. The van der Waals surface area contributed by atoms with Crippen LogP contribution in [0, 0.1) is 0 Å². The second kappa shape index (κ2) is 3.37. The van der Waals surface area contributed by atoms with Gasteiger partial charge < -0.3 is 4.84 Å². The standard InChI is InChI=1S/C9H9N3O2/c1-6(13)12-14-9-7-4-2-3-5-8(7)10-11-9/h2-5H,1H3,(H,10,11)(H,12,13). The highest BCUT2D eigenvalue weighted by Gasteiger charge is 2.05. The van der Waals surface area contributed by atoms with Crippen LogP contribution < -0.4 is 10.3 Å². The third-order valence-corrected chi connectivity index (χ3v) is 1.73. The molecule has 0 aliphatic carbocycles. The van der Waals surface area contributed by atoms with Crippen LogP contribution in [0.25, 0.3) is 10.9 Å². The van der Waals surface area contributed by atoms with Gasteiger partial charge >= 0.3 is 0 Å². The largest absolute Gasteiger partial charge is 0.357 e. The normalized spacial score (nSPS) is 10.1. The minimum Gasteiger partial charge on any atom is -0.357 e. The number of hydrogen-bond donors (Lipinski definition) is 2. The van der Waals surface area contributed by atoms with E-state index in [4.69, 9.17) is 4.84 Å². The Hall–Kier alpha value is -2.04. The second-order valence-electron chi connectivity index (χ2n) is 2.83. The Labute approximate surface area is 80.0 Å². The number of carbonyl (C=O) groups excluding carboxylic acids is 1. The monoisotopic (exact) mass is 191 g/mol. The van der Waals surface area contributed by atoms with Crippen LogP contribution in [0.5, 0.6) is 5.88 Å². The number of para-hydroxylation sites is 1. The summed E-state index contributed by atoms with van der Waals surface area (Å²) >= 11 is 0. The number of aromatic nitrogens is 2. The van der Waals surface area contributed by atoms with Gasteiger partial charge in [0, 0.05) is 6.92 Å². The molecule has 2 N–H and O–H groups in total. The Morgan fingerprint density at radius 2 is 2.29 bits per heavy atom. The third kappa shape index (κ3) is 1.52. The van der Waals surface area contributed by atoms with Crippen molar-refractivity contribution in [3.05, 3.63) is 24.3 Å². The molecule has 0 spiro atoms. The molecule has 5 nitrogen and oxygen atoms in total. The number of aromatic amines is 1. The van der Waals surface area contributed by atoms with Crippen LogP contribution in [0.15, 0.2) is 24.3 Å². The van der Waals surface area contributed by atoms with E-state index in [2.05, 4.69) is 15.7 Å². The Kier molecular flexibility index (Phi) is 2.06. The summed E-state index contributed by atoms with van der Waals surface area (Å²) in [7, 11) is 0. The lowest BCUT2D eigenvalue weighted by Gasteiger charge is -2.00. The van der Waals surface area contributed by atoms with Gasteiger partial charge in [-0.25, -0.2) is 0 Å². The number of rotatable bonds is 2. The SMILES string of the molecule is CC(=O)NOc1n[nH]c2ccccc12. The van der Waals surface area contributed by atoms with Gasteiger partial charge in [-0.2, -0.15) is 5.48 Å². The Balaban J connectivity index is 2.29. The van der Waals surface area contributed by atoms with Gasteiger partial charge in [0.1, 0.15) is 0 Å². The van der Waals surface area contributed by atoms with Gasteiger partial charge in [-0.1, -0.05) is 12.1 Å². The number of hydroxylamine groups is 1. The van der Waals surface area contributed by atoms with Gasteiger partial charge in [0.05, 0.1) is 10.9 Å². The fraction of sp³-hybridized carbons (Fsp3) is 0.111. The summed E-state index contributed by atoms with van der Waals surface area (Å²) in [6.45, 7) is 1.37. The molecule has 0 atom stereocenters. The smallest absolute Gasteiger partial charge is 0.271 e. The predicted molar refractivity (Wildman–Crippen MR) is 50.5 cm³/mol. The molecule has 0 fully saturated rings. The van der Waals surface area contributed by atoms with E-state index in [0.29, 0.717) is 5.88 Å². The van der Waals surface area contributed by atoms with Crippen LogP contribution >= 0.6 is 0 Å². The van der Waals surface area contributed by atoms with E-state index in [-0.39, 0.29) is 5.91 Å². The summed E-state index contributed by atoms with van der Waals surface area (Å²) in [5.74, 6) is 0.105. The number of amides is 1. The summed E-state index contributed by atoms with van der Waals surface area (Å²) in [5.41, 5.74) is 3.09. The van der Waals surface area contributed by atoms with Crippen molar-refractivity contribution in [2.45, 2.75) is 6.92 Å². The van der Waals surface area contributed by atoms with Gasteiger partial charge in [-0.3, -0.25) is 9.89 Å². The highest BCUT2D eigenvalue weighted by Crippen LogP contribution is 2.20. The Morgan fingerprint density at radius 3 is 3.07 bits per heavy atom. The van der Waals surface area contributed by atoms with E-state index >= 15 is 0 Å². The van der Waals surface area contributed by atoms with E-state index in [9.17, 15) is 4.79 Å². The van der Waals surface area contributed by atoms with Gasteiger partial charge in [-0.15, -0.1) is 5.10 Å². The minimum atomic E-state index is -0.267. The van der Waals surface area contributed by atoms with E-state index in [1.807, 2.05) is 24.3 Å². The number of fused-ring (bicyclic) bond motifs is 1. The van der Waals surface area contributed by atoms with Gasteiger partial charge in [0.15, 0.2) is 0 Å². The van der Waals surface area contributed by atoms with Crippen molar-refractivity contribution in [1.82, 2.24) is 15.7 Å². The summed E-state index contributed by atoms with van der Waals surface area (Å²) in [6, 6.07) is 7.50. The molecule has 72 valence electrons. The Bertz CT molecular complexity index is 464. The Morgan fingerprint density at radius 1 is 1.50 bits per heavy atom. The highest BCUT2D eigenvalue weighted by molar-refractivity contribution is 5.84. The molecule has 0 aliphatic heterocycles. The zero-order chi connectivity index (χ0) is 9.97. The van der Waals surface area contributed by atoms with Crippen molar-refractivity contribution >= 4 is 16.8 Å². The number of carbonyl (C=O) groups is 1. The molecule has 2 rings (SSSR count). The van der Waals surface area contributed by atoms with E-state index in [1.165, 1.54) is 6.92 Å². The molecule has 0 radical (unpaired) electrons. The van der Waals surface area contributed by atoms with E-state index in [1.54, 1.807) is 0 Å². The molecule has 5 heteroatoms. The van der Waals surface area contributed by atoms with Gasteiger partial charge in [0.25, 0.3) is 5.88 Å². The molecule has 1 aromatic heterocycles. The van der Waals surface area contributed by atoms with Gasteiger partial charge in [-0.05, 0) is 12.1 Å². The quantitative estimate of drug-likeness (QED) is 0.695. The molecule has 0 saturated carbocycles. The average Bonchev–Trinajstić information content (AvgIpc) is 2.58. The van der Waals surface area contributed by atoms with Crippen molar-refractivity contribution in [2.75, 3.05) is 0 Å². The topological polar surface area (TPSA) is 67.0 Å². The molecule has 0 aliphatic rings. The summed E-state index contributed by atoms with van der Waals surface area (Å²) < 4.78 is 0. The maximum absolute atomic E-state index is 10.6. The molecular formula is C9H9N3O2. The first-order valence-corrected chi connectivity index (χ1v) is 4.14.